The van der Waals surface area contributed by atoms with Crippen molar-refractivity contribution < 1.29 is 13.9 Å². The largest absolute Gasteiger partial charge is 0.422 e. The van der Waals surface area contributed by atoms with Crippen LogP contribution in [0.25, 0.3) is 21.7 Å². The van der Waals surface area contributed by atoms with Gasteiger partial charge in [0, 0.05) is 18.5 Å². The third kappa shape index (κ3) is 2.96. The molecule has 0 saturated carbocycles. The zero-order valence-corrected chi connectivity index (χ0v) is 13.0. The van der Waals surface area contributed by atoms with Crippen LogP contribution in [-0.2, 0) is 4.74 Å². The number of amides is 1. The number of carbonyl (C=O) groups excluding carboxylic acids is 1. The molecule has 1 heterocycles. The van der Waals surface area contributed by atoms with Crippen molar-refractivity contribution in [2.45, 2.75) is 13.0 Å². The monoisotopic (exact) mass is 311 g/mol. The molecule has 1 aromatic heterocycles. The van der Waals surface area contributed by atoms with Crippen molar-refractivity contribution >= 4 is 27.6 Å². The third-order valence-corrected chi connectivity index (χ3v) is 3.68. The average Bonchev–Trinajstić information content (AvgIpc) is 2.54. The van der Waals surface area contributed by atoms with E-state index < -0.39 is 11.5 Å². The maximum Gasteiger partial charge on any atom is 0.349 e. The minimum absolute atomic E-state index is 0.00296. The number of fused-ring (bicyclic) bond motifs is 3. The summed E-state index contributed by atoms with van der Waals surface area (Å²) >= 11 is 0. The molecule has 1 amide bonds. The van der Waals surface area contributed by atoms with Gasteiger partial charge in [0.25, 0.3) is 5.91 Å². The van der Waals surface area contributed by atoms with Gasteiger partial charge in [0.1, 0.15) is 11.1 Å². The molecule has 0 spiro atoms. The van der Waals surface area contributed by atoms with Crippen LogP contribution < -0.4 is 10.9 Å². The van der Waals surface area contributed by atoms with Gasteiger partial charge in [0.15, 0.2) is 0 Å². The van der Waals surface area contributed by atoms with Crippen molar-refractivity contribution in [2.75, 3.05) is 13.7 Å². The normalized spacial score (nSPS) is 12.4. The number of carbonyl (C=O) groups is 1. The van der Waals surface area contributed by atoms with Gasteiger partial charge in [-0.1, -0.05) is 30.3 Å². The standard InChI is InChI=1S/C18H17NO4/c1-11(10-22-2)19-17(20)15-9-14-13-6-4-3-5-12(13)7-8-16(14)23-18(15)21/h3-9,11H,10H2,1-2H3,(H,19,20)/t11-/m0/s1. The van der Waals surface area contributed by atoms with E-state index in [2.05, 4.69) is 5.32 Å². The summed E-state index contributed by atoms with van der Waals surface area (Å²) in [4.78, 5) is 24.4. The molecule has 2 aromatic carbocycles. The molecule has 1 N–H and O–H groups in total. The Morgan fingerprint density at radius 1 is 1.22 bits per heavy atom. The first-order valence-electron chi connectivity index (χ1n) is 7.35. The molecule has 0 saturated heterocycles. The molecule has 0 aliphatic carbocycles. The Hall–Kier alpha value is -2.66. The summed E-state index contributed by atoms with van der Waals surface area (Å²) in [5.74, 6) is -0.460. The van der Waals surface area contributed by atoms with Gasteiger partial charge >= 0.3 is 5.63 Å². The summed E-state index contributed by atoms with van der Waals surface area (Å²) in [5, 5.41) is 5.43. The predicted octanol–water partition coefficient (Wildman–Crippen LogP) is 2.71. The summed E-state index contributed by atoms with van der Waals surface area (Å²) in [5.41, 5.74) is -0.179. The molecule has 0 fully saturated rings. The summed E-state index contributed by atoms with van der Waals surface area (Å²) in [7, 11) is 1.55. The number of hydrogen-bond donors (Lipinski definition) is 1. The molecule has 0 aliphatic rings. The SMILES string of the molecule is COC[C@H](C)NC(=O)c1cc2c(ccc3ccccc32)oc1=O. The van der Waals surface area contributed by atoms with Gasteiger partial charge in [-0.3, -0.25) is 4.79 Å². The number of benzene rings is 2. The van der Waals surface area contributed by atoms with Gasteiger partial charge in [-0.2, -0.15) is 0 Å². The zero-order chi connectivity index (χ0) is 16.4. The molecule has 0 unspecified atom stereocenters. The highest BCUT2D eigenvalue weighted by Gasteiger charge is 2.16. The van der Waals surface area contributed by atoms with Crippen LogP contribution in [0.15, 0.2) is 51.7 Å². The molecular weight excluding hydrogens is 294 g/mol. The van der Waals surface area contributed by atoms with Gasteiger partial charge in [-0.05, 0) is 29.8 Å². The molecule has 1 atom stereocenters. The zero-order valence-electron chi connectivity index (χ0n) is 13.0. The van der Waals surface area contributed by atoms with Crippen LogP contribution in [0.2, 0.25) is 0 Å². The first-order chi connectivity index (χ1) is 11.1. The Morgan fingerprint density at radius 2 is 2.00 bits per heavy atom. The van der Waals surface area contributed by atoms with Crippen LogP contribution in [-0.4, -0.2) is 25.7 Å². The molecule has 0 aliphatic heterocycles. The first kappa shape index (κ1) is 15.2. The fourth-order valence-electron chi connectivity index (χ4n) is 2.62. The highest BCUT2D eigenvalue weighted by Crippen LogP contribution is 2.24. The maximum atomic E-state index is 12.3. The second kappa shape index (κ2) is 6.22. The Balaban J connectivity index is 2.10. The minimum atomic E-state index is -0.644. The fraction of sp³-hybridized carbons (Fsp3) is 0.222. The highest BCUT2D eigenvalue weighted by atomic mass is 16.5. The molecule has 3 rings (SSSR count). The first-order valence-corrected chi connectivity index (χ1v) is 7.35. The summed E-state index contributed by atoms with van der Waals surface area (Å²) in [6.07, 6.45) is 0. The molecule has 118 valence electrons. The van der Waals surface area contributed by atoms with E-state index in [1.54, 1.807) is 26.2 Å². The van der Waals surface area contributed by atoms with E-state index in [4.69, 9.17) is 9.15 Å². The lowest BCUT2D eigenvalue weighted by molar-refractivity contribution is 0.0902. The third-order valence-electron chi connectivity index (χ3n) is 3.68. The van der Waals surface area contributed by atoms with Crippen LogP contribution >= 0.6 is 0 Å². The Labute approximate surface area is 132 Å². The Bertz CT molecular complexity index is 929. The lowest BCUT2D eigenvalue weighted by atomic mass is 10.0. The van der Waals surface area contributed by atoms with Crippen LogP contribution in [0.4, 0.5) is 0 Å². The van der Waals surface area contributed by atoms with Crippen LogP contribution in [0.5, 0.6) is 0 Å². The van der Waals surface area contributed by atoms with Crippen LogP contribution in [0.1, 0.15) is 17.3 Å². The smallest absolute Gasteiger partial charge is 0.349 e. The van der Waals surface area contributed by atoms with Gasteiger partial charge in [-0.15, -0.1) is 0 Å². The maximum absolute atomic E-state index is 12.3. The molecule has 5 nitrogen and oxygen atoms in total. The van der Waals surface area contributed by atoms with E-state index in [1.165, 1.54) is 0 Å². The molecule has 3 aromatic rings. The molecule has 0 bridgehead atoms. The van der Waals surface area contributed by atoms with Gasteiger partial charge in [0.2, 0.25) is 0 Å². The topological polar surface area (TPSA) is 68.5 Å². The molecule has 23 heavy (non-hydrogen) atoms. The van der Waals surface area contributed by atoms with E-state index >= 15 is 0 Å². The Morgan fingerprint density at radius 3 is 2.78 bits per heavy atom. The second-order valence-corrected chi connectivity index (χ2v) is 5.48. The van der Waals surface area contributed by atoms with Gasteiger partial charge in [-0.25, -0.2) is 4.79 Å². The Kier molecular flexibility index (Phi) is 4.12. The molecule has 5 heteroatoms. The molecular formula is C18H17NO4. The van der Waals surface area contributed by atoms with E-state index in [1.807, 2.05) is 30.3 Å². The summed E-state index contributed by atoms with van der Waals surface area (Å²) in [6, 6.07) is 12.8. The lowest BCUT2D eigenvalue weighted by Crippen LogP contribution is -2.37. The van der Waals surface area contributed by atoms with Crippen molar-refractivity contribution in [1.82, 2.24) is 5.32 Å². The summed E-state index contributed by atoms with van der Waals surface area (Å²) in [6.45, 7) is 2.17. The quantitative estimate of drug-likeness (QED) is 0.594. The highest BCUT2D eigenvalue weighted by molar-refractivity contribution is 6.07. The van der Waals surface area contributed by atoms with Crippen molar-refractivity contribution in [3.05, 3.63) is 58.4 Å². The van der Waals surface area contributed by atoms with E-state index in [9.17, 15) is 9.59 Å². The van der Waals surface area contributed by atoms with E-state index in [-0.39, 0.29) is 11.6 Å². The van der Waals surface area contributed by atoms with Crippen molar-refractivity contribution in [3.63, 3.8) is 0 Å². The van der Waals surface area contributed by atoms with Crippen molar-refractivity contribution in [2.24, 2.45) is 0 Å². The van der Waals surface area contributed by atoms with Crippen LogP contribution in [0.3, 0.4) is 0 Å². The minimum Gasteiger partial charge on any atom is -0.422 e. The van der Waals surface area contributed by atoms with E-state index in [0.717, 1.165) is 16.2 Å². The number of nitrogens with one attached hydrogen (secondary N) is 1. The van der Waals surface area contributed by atoms with E-state index in [0.29, 0.717) is 12.2 Å². The van der Waals surface area contributed by atoms with Crippen molar-refractivity contribution in [1.29, 1.82) is 0 Å². The average molecular weight is 311 g/mol. The second-order valence-electron chi connectivity index (χ2n) is 5.48. The number of methoxy groups -OCH3 is 1. The van der Waals surface area contributed by atoms with Crippen LogP contribution in [0, 0.1) is 0 Å². The fourth-order valence-corrected chi connectivity index (χ4v) is 2.62. The van der Waals surface area contributed by atoms with Crippen molar-refractivity contribution in [3.8, 4) is 0 Å². The molecule has 0 radical (unpaired) electrons. The number of ether oxygens (including phenoxy) is 1. The number of rotatable bonds is 4. The number of hydrogen-bond acceptors (Lipinski definition) is 4. The predicted molar refractivity (Wildman–Crippen MR) is 88.8 cm³/mol. The lowest BCUT2D eigenvalue weighted by Gasteiger charge is -2.12. The van der Waals surface area contributed by atoms with Gasteiger partial charge < -0.3 is 14.5 Å². The van der Waals surface area contributed by atoms with Gasteiger partial charge in [0.05, 0.1) is 6.61 Å². The summed E-state index contributed by atoms with van der Waals surface area (Å²) < 4.78 is 10.3.